The van der Waals surface area contributed by atoms with Gasteiger partial charge in [0.05, 0.1) is 15.8 Å². The van der Waals surface area contributed by atoms with Crippen molar-refractivity contribution in [2.75, 3.05) is 0 Å². The van der Waals surface area contributed by atoms with E-state index in [0.717, 1.165) is 10.6 Å². The van der Waals surface area contributed by atoms with Crippen molar-refractivity contribution in [2.45, 2.75) is 16.7 Å². The van der Waals surface area contributed by atoms with Gasteiger partial charge in [0, 0.05) is 24.2 Å². The summed E-state index contributed by atoms with van der Waals surface area (Å²) in [5, 5.41) is 20.8. The molecule has 0 aliphatic rings. The molecule has 0 N–H and O–H groups in total. The molecule has 4 rings (SSSR count). The minimum atomic E-state index is -0.403. The standard InChI is InChI=1S/C19H15N5O3S/c1-23-17(12-27-13-6-3-2-4-7-13)21-22-19(23)28-16-10-9-15(24(25)26)14-8-5-11-20-18(14)16/h2-11H,12H2,1H3. The molecule has 28 heavy (non-hydrogen) atoms. The summed E-state index contributed by atoms with van der Waals surface area (Å²) in [5.41, 5.74) is 0.592. The van der Waals surface area contributed by atoms with Gasteiger partial charge in [-0.25, -0.2) is 0 Å². The second-order valence-corrected chi connectivity index (χ2v) is 6.91. The number of non-ortho nitro benzene ring substituents is 1. The van der Waals surface area contributed by atoms with Crippen LogP contribution in [-0.2, 0) is 13.7 Å². The lowest BCUT2D eigenvalue weighted by Crippen LogP contribution is -2.04. The van der Waals surface area contributed by atoms with Gasteiger partial charge in [0.1, 0.15) is 12.4 Å². The molecule has 0 radical (unpaired) electrons. The van der Waals surface area contributed by atoms with Crippen LogP contribution in [0, 0.1) is 10.1 Å². The summed E-state index contributed by atoms with van der Waals surface area (Å²) < 4.78 is 7.57. The van der Waals surface area contributed by atoms with E-state index in [2.05, 4.69) is 15.2 Å². The molecule has 0 spiro atoms. The van der Waals surface area contributed by atoms with Gasteiger partial charge in [0.15, 0.2) is 11.0 Å². The van der Waals surface area contributed by atoms with Gasteiger partial charge in [-0.1, -0.05) is 18.2 Å². The fourth-order valence-electron chi connectivity index (χ4n) is 2.70. The minimum absolute atomic E-state index is 0.0300. The van der Waals surface area contributed by atoms with E-state index in [9.17, 15) is 10.1 Å². The van der Waals surface area contributed by atoms with Crippen LogP contribution >= 0.6 is 11.8 Å². The van der Waals surface area contributed by atoms with Gasteiger partial charge < -0.3 is 9.30 Å². The highest BCUT2D eigenvalue weighted by molar-refractivity contribution is 7.99. The lowest BCUT2D eigenvalue weighted by Gasteiger charge is -2.07. The van der Waals surface area contributed by atoms with Crippen LogP contribution in [0.3, 0.4) is 0 Å². The Labute approximate surface area is 164 Å². The second-order valence-electron chi connectivity index (χ2n) is 5.90. The highest BCUT2D eigenvalue weighted by Crippen LogP contribution is 2.35. The predicted molar refractivity (Wildman–Crippen MR) is 104 cm³/mol. The molecule has 0 aliphatic heterocycles. The molecule has 2 heterocycles. The molecular formula is C19H15N5O3S. The van der Waals surface area contributed by atoms with E-state index in [0.29, 0.717) is 21.9 Å². The average Bonchev–Trinajstić information content (AvgIpc) is 3.06. The Kier molecular flexibility index (Phi) is 4.90. The smallest absolute Gasteiger partial charge is 0.278 e. The Bertz CT molecular complexity index is 1150. The number of aromatic nitrogens is 4. The zero-order valence-electron chi connectivity index (χ0n) is 14.8. The quantitative estimate of drug-likeness (QED) is 0.361. The van der Waals surface area contributed by atoms with Crippen molar-refractivity contribution in [3.05, 3.63) is 76.7 Å². The maximum Gasteiger partial charge on any atom is 0.278 e. The number of hydrogen-bond acceptors (Lipinski definition) is 7. The van der Waals surface area contributed by atoms with Crippen LogP contribution in [0.4, 0.5) is 5.69 Å². The monoisotopic (exact) mass is 393 g/mol. The van der Waals surface area contributed by atoms with Crippen molar-refractivity contribution < 1.29 is 9.66 Å². The maximum atomic E-state index is 11.3. The summed E-state index contributed by atoms with van der Waals surface area (Å²) in [5.74, 6) is 1.43. The summed E-state index contributed by atoms with van der Waals surface area (Å²) >= 11 is 1.36. The number of nitro groups is 1. The molecule has 0 atom stereocenters. The van der Waals surface area contributed by atoms with Crippen LogP contribution < -0.4 is 4.74 Å². The van der Waals surface area contributed by atoms with Crippen molar-refractivity contribution in [1.29, 1.82) is 0 Å². The molecule has 8 nitrogen and oxygen atoms in total. The summed E-state index contributed by atoms with van der Waals surface area (Å²) in [6.45, 7) is 0.285. The SMILES string of the molecule is Cn1c(COc2ccccc2)nnc1Sc1ccc([N+](=O)[O-])c2cccnc12. The molecule has 9 heteroatoms. The topological polar surface area (TPSA) is 96.0 Å². The first-order chi connectivity index (χ1) is 13.6. The summed E-state index contributed by atoms with van der Waals surface area (Å²) in [7, 11) is 1.85. The van der Waals surface area contributed by atoms with Crippen LogP contribution in [0.5, 0.6) is 5.75 Å². The Morgan fingerprint density at radius 2 is 1.93 bits per heavy atom. The molecule has 4 aromatic rings. The summed E-state index contributed by atoms with van der Waals surface area (Å²) in [6.07, 6.45) is 1.62. The molecule has 0 unspecified atom stereocenters. The number of nitro benzene ring substituents is 1. The maximum absolute atomic E-state index is 11.3. The van der Waals surface area contributed by atoms with E-state index < -0.39 is 4.92 Å². The number of benzene rings is 2. The zero-order chi connectivity index (χ0) is 19.5. The van der Waals surface area contributed by atoms with Gasteiger partial charge >= 0.3 is 0 Å². The Morgan fingerprint density at radius 3 is 2.71 bits per heavy atom. The van der Waals surface area contributed by atoms with Crippen LogP contribution in [0.2, 0.25) is 0 Å². The third kappa shape index (κ3) is 3.52. The molecule has 0 fully saturated rings. The fourth-order valence-corrected chi connectivity index (χ4v) is 3.61. The molecule has 0 amide bonds. The van der Waals surface area contributed by atoms with E-state index in [1.807, 2.05) is 41.9 Å². The molecule has 140 valence electrons. The number of hydrogen-bond donors (Lipinski definition) is 0. The van der Waals surface area contributed by atoms with Crippen LogP contribution in [0.1, 0.15) is 5.82 Å². The normalized spacial score (nSPS) is 10.9. The largest absolute Gasteiger partial charge is 0.486 e. The first kappa shape index (κ1) is 17.9. The molecular weight excluding hydrogens is 378 g/mol. The van der Waals surface area contributed by atoms with Gasteiger partial charge in [-0.2, -0.15) is 0 Å². The Balaban J connectivity index is 1.59. The van der Waals surface area contributed by atoms with Gasteiger partial charge in [-0.05, 0) is 42.1 Å². The second kappa shape index (κ2) is 7.65. The third-order valence-electron chi connectivity index (χ3n) is 4.14. The zero-order valence-corrected chi connectivity index (χ0v) is 15.7. The van der Waals surface area contributed by atoms with E-state index in [1.165, 1.54) is 17.8 Å². The van der Waals surface area contributed by atoms with E-state index >= 15 is 0 Å². The van der Waals surface area contributed by atoms with E-state index in [-0.39, 0.29) is 12.3 Å². The van der Waals surface area contributed by atoms with Crippen LogP contribution in [0.25, 0.3) is 10.9 Å². The minimum Gasteiger partial charge on any atom is -0.486 e. The average molecular weight is 393 g/mol. The number of ether oxygens (including phenoxy) is 1. The molecule has 0 bridgehead atoms. The summed E-state index contributed by atoms with van der Waals surface area (Å²) in [6, 6.07) is 16.0. The van der Waals surface area contributed by atoms with Crippen LogP contribution in [0.15, 0.2) is 70.8 Å². The third-order valence-corrected chi connectivity index (χ3v) is 5.23. The predicted octanol–water partition coefficient (Wildman–Crippen LogP) is 4.00. The molecule has 0 aliphatic carbocycles. The number of para-hydroxylation sites is 1. The van der Waals surface area contributed by atoms with Crippen LogP contribution in [-0.4, -0.2) is 24.7 Å². The van der Waals surface area contributed by atoms with Crippen molar-refractivity contribution in [3.8, 4) is 5.75 Å². The number of nitrogens with zero attached hydrogens (tertiary/aromatic N) is 5. The van der Waals surface area contributed by atoms with E-state index in [1.54, 1.807) is 24.4 Å². The fraction of sp³-hybridized carbons (Fsp3) is 0.105. The number of pyridine rings is 1. The lowest BCUT2D eigenvalue weighted by molar-refractivity contribution is -0.383. The number of rotatable bonds is 6. The summed E-state index contributed by atoms with van der Waals surface area (Å²) in [4.78, 5) is 16.0. The lowest BCUT2D eigenvalue weighted by atomic mass is 10.2. The van der Waals surface area contributed by atoms with Crippen molar-refractivity contribution in [1.82, 2.24) is 19.7 Å². The van der Waals surface area contributed by atoms with Gasteiger partial charge in [-0.15, -0.1) is 10.2 Å². The Morgan fingerprint density at radius 1 is 1.11 bits per heavy atom. The Hall–Kier alpha value is -3.46. The van der Waals surface area contributed by atoms with Gasteiger partial charge in [0.25, 0.3) is 5.69 Å². The van der Waals surface area contributed by atoms with Gasteiger partial charge in [0.2, 0.25) is 0 Å². The van der Waals surface area contributed by atoms with Gasteiger partial charge in [-0.3, -0.25) is 15.1 Å². The van der Waals surface area contributed by atoms with Crippen molar-refractivity contribution in [3.63, 3.8) is 0 Å². The first-order valence-electron chi connectivity index (χ1n) is 8.39. The molecule has 0 saturated carbocycles. The molecule has 2 aromatic heterocycles. The molecule has 2 aromatic carbocycles. The highest BCUT2D eigenvalue weighted by atomic mass is 32.2. The number of fused-ring (bicyclic) bond motifs is 1. The molecule has 0 saturated heterocycles. The highest BCUT2D eigenvalue weighted by Gasteiger charge is 2.18. The van der Waals surface area contributed by atoms with Crippen molar-refractivity contribution >= 4 is 28.4 Å². The first-order valence-corrected chi connectivity index (χ1v) is 9.21. The van der Waals surface area contributed by atoms with Crippen molar-refractivity contribution in [2.24, 2.45) is 7.05 Å². The van der Waals surface area contributed by atoms with E-state index in [4.69, 9.17) is 4.74 Å².